The van der Waals surface area contributed by atoms with Crippen molar-refractivity contribution in [3.05, 3.63) is 90.1 Å². The molecule has 7 nitrogen and oxygen atoms in total. The maximum Gasteiger partial charge on any atom is 0.324 e. The van der Waals surface area contributed by atoms with Crippen LogP contribution in [0.1, 0.15) is 42.9 Å². The van der Waals surface area contributed by atoms with Crippen molar-refractivity contribution in [1.29, 1.82) is 0 Å². The number of aryl methyl sites for hydroxylation is 1. The van der Waals surface area contributed by atoms with Crippen molar-refractivity contribution < 1.29 is 13.9 Å². The standard InChI is InChI=1S/C27H26FN5O2/c1-18-5-4-8-20(15-18)33-26(17-25(32-33)19-6-2-3-7-19)31-27(34)30-24-10-9-22(16-23(24)28)35-21-11-13-29-14-12-21/h4-5,8-17,19H,2-3,6-7H2,1H3,(H2,30,31,34). The van der Waals surface area contributed by atoms with Gasteiger partial charge in [-0.25, -0.2) is 13.9 Å². The number of halogens is 1. The second-order valence-corrected chi connectivity index (χ2v) is 8.69. The van der Waals surface area contributed by atoms with Crippen molar-refractivity contribution >= 4 is 17.5 Å². The number of urea groups is 1. The molecule has 2 aromatic carbocycles. The number of nitrogens with one attached hydrogen (secondary N) is 2. The van der Waals surface area contributed by atoms with E-state index in [1.165, 1.54) is 25.0 Å². The molecular formula is C27H26FN5O2. The number of anilines is 2. The first kappa shape index (κ1) is 22.6. The highest BCUT2D eigenvalue weighted by Gasteiger charge is 2.23. The second kappa shape index (κ2) is 9.97. The Morgan fingerprint density at radius 1 is 1.00 bits per heavy atom. The molecular weight excluding hydrogens is 445 g/mol. The van der Waals surface area contributed by atoms with E-state index < -0.39 is 11.8 Å². The zero-order valence-corrected chi connectivity index (χ0v) is 19.4. The van der Waals surface area contributed by atoms with E-state index >= 15 is 0 Å². The van der Waals surface area contributed by atoms with Crippen molar-refractivity contribution in [2.24, 2.45) is 0 Å². The zero-order chi connectivity index (χ0) is 24.2. The Bertz CT molecular complexity index is 1330. The summed E-state index contributed by atoms with van der Waals surface area (Å²) in [6, 6.07) is 16.9. The number of hydrogen-bond acceptors (Lipinski definition) is 4. The Morgan fingerprint density at radius 3 is 2.54 bits per heavy atom. The van der Waals surface area contributed by atoms with Crippen LogP contribution >= 0.6 is 0 Å². The summed E-state index contributed by atoms with van der Waals surface area (Å²) in [7, 11) is 0. The van der Waals surface area contributed by atoms with Crippen molar-refractivity contribution in [3.63, 3.8) is 0 Å². The van der Waals surface area contributed by atoms with E-state index in [4.69, 9.17) is 9.84 Å². The Hall–Kier alpha value is -4.20. The van der Waals surface area contributed by atoms with E-state index in [1.54, 1.807) is 35.3 Å². The fraction of sp³-hybridized carbons (Fsp3) is 0.222. The third kappa shape index (κ3) is 5.32. The Balaban J connectivity index is 1.33. The van der Waals surface area contributed by atoms with Crippen molar-refractivity contribution in [3.8, 4) is 17.2 Å². The molecule has 1 saturated carbocycles. The summed E-state index contributed by atoms with van der Waals surface area (Å²) < 4.78 is 22.1. The van der Waals surface area contributed by atoms with Crippen LogP contribution in [0.2, 0.25) is 0 Å². The van der Waals surface area contributed by atoms with Crippen molar-refractivity contribution in [2.75, 3.05) is 10.6 Å². The molecule has 0 atom stereocenters. The molecule has 178 valence electrons. The number of pyridine rings is 1. The number of carbonyl (C=O) groups is 1. The molecule has 2 amide bonds. The number of nitrogens with zero attached hydrogens (tertiary/aromatic N) is 3. The number of hydrogen-bond donors (Lipinski definition) is 2. The van der Waals surface area contributed by atoms with Gasteiger partial charge in [-0.1, -0.05) is 25.0 Å². The summed E-state index contributed by atoms with van der Waals surface area (Å²) in [6.45, 7) is 2.01. The monoisotopic (exact) mass is 471 g/mol. The fourth-order valence-corrected chi connectivity index (χ4v) is 4.34. The predicted octanol–water partition coefficient (Wildman–Crippen LogP) is 6.81. The SMILES string of the molecule is Cc1cccc(-n2nc(C3CCCC3)cc2NC(=O)Nc2ccc(Oc3ccncc3)cc2F)c1. The van der Waals surface area contributed by atoms with Gasteiger partial charge in [0.1, 0.15) is 23.1 Å². The molecule has 4 aromatic rings. The molecule has 35 heavy (non-hydrogen) atoms. The number of ether oxygens (including phenoxy) is 1. The number of amides is 2. The van der Waals surface area contributed by atoms with Crippen LogP contribution in [0.5, 0.6) is 11.5 Å². The lowest BCUT2D eigenvalue weighted by Gasteiger charge is -2.12. The number of benzene rings is 2. The maximum atomic E-state index is 14.7. The van der Waals surface area contributed by atoms with E-state index in [-0.39, 0.29) is 5.69 Å². The zero-order valence-electron chi connectivity index (χ0n) is 19.4. The largest absolute Gasteiger partial charge is 0.457 e. The summed E-state index contributed by atoms with van der Waals surface area (Å²) >= 11 is 0. The molecule has 1 fully saturated rings. The van der Waals surface area contributed by atoms with Crippen LogP contribution in [0.15, 0.2) is 73.1 Å². The first-order chi connectivity index (χ1) is 17.0. The van der Waals surface area contributed by atoms with Crippen molar-refractivity contribution in [1.82, 2.24) is 14.8 Å². The van der Waals surface area contributed by atoms with Gasteiger partial charge in [0.15, 0.2) is 0 Å². The predicted molar refractivity (Wildman–Crippen MR) is 133 cm³/mol. The average molecular weight is 472 g/mol. The first-order valence-electron chi connectivity index (χ1n) is 11.7. The van der Waals surface area contributed by atoms with E-state index in [2.05, 4.69) is 15.6 Å². The Morgan fingerprint density at radius 2 is 1.80 bits per heavy atom. The van der Waals surface area contributed by atoms with E-state index in [1.807, 2.05) is 37.3 Å². The lowest BCUT2D eigenvalue weighted by Crippen LogP contribution is -2.22. The highest BCUT2D eigenvalue weighted by Crippen LogP contribution is 2.35. The molecule has 2 heterocycles. The molecule has 0 radical (unpaired) electrons. The summed E-state index contributed by atoms with van der Waals surface area (Å²) in [4.78, 5) is 16.7. The Labute approximate surface area is 203 Å². The molecule has 2 aromatic heterocycles. The van der Waals surface area contributed by atoms with Gasteiger partial charge in [-0.2, -0.15) is 5.10 Å². The maximum absolute atomic E-state index is 14.7. The summed E-state index contributed by atoms with van der Waals surface area (Å²) in [5.74, 6) is 1.17. The second-order valence-electron chi connectivity index (χ2n) is 8.69. The molecule has 1 aliphatic rings. The van der Waals surface area contributed by atoms with E-state index in [9.17, 15) is 9.18 Å². The minimum atomic E-state index is -0.606. The third-order valence-electron chi connectivity index (χ3n) is 6.06. The van der Waals surface area contributed by atoms with Crippen LogP contribution < -0.4 is 15.4 Å². The minimum absolute atomic E-state index is 0.0437. The van der Waals surface area contributed by atoms with Gasteiger partial charge in [0, 0.05) is 30.4 Å². The molecule has 0 spiro atoms. The number of carbonyl (C=O) groups excluding carboxylic acids is 1. The topological polar surface area (TPSA) is 81.1 Å². The van der Waals surface area contributed by atoms with Crippen LogP contribution in [0, 0.1) is 12.7 Å². The van der Waals surface area contributed by atoms with Gasteiger partial charge in [0.25, 0.3) is 0 Å². The van der Waals surface area contributed by atoms with E-state index in [0.717, 1.165) is 29.8 Å². The van der Waals surface area contributed by atoms with Gasteiger partial charge in [-0.05, 0) is 61.7 Å². The Kier molecular flexibility index (Phi) is 6.43. The lowest BCUT2D eigenvalue weighted by atomic mass is 10.0. The van der Waals surface area contributed by atoms with Gasteiger partial charge >= 0.3 is 6.03 Å². The molecule has 0 saturated heterocycles. The minimum Gasteiger partial charge on any atom is -0.457 e. The van der Waals surface area contributed by atoms with Gasteiger partial charge in [0.2, 0.25) is 0 Å². The van der Waals surface area contributed by atoms with Gasteiger partial charge in [-0.3, -0.25) is 10.3 Å². The summed E-state index contributed by atoms with van der Waals surface area (Å²) in [5.41, 5.74) is 2.95. The highest BCUT2D eigenvalue weighted by atomic mass is 19.1. The number of aromatic nitrogens is 3. The average Bonchev–Trinajstić information content (AvgIpc) is 3.52. The first-order valence-corrected chi connectivity index (χ1v) is 11.7. The molecule has 2 N–H and O–H groups in total. The van der Waals surface area contributed by atoms with Crippen LogP contribution in [0.4, 0.5) is 20.7 Å². The van der Waals surface area contributed by atoms with E-state index in [0.29, 0.717) is 23.2 Å². The van der Waals surface area contributed by atoms with Crippen LogP contribution in [-0.4, -0.2) is 20.8 Å². The lowest BCUT2D eigenvalue weighted by molar-refractivity contribution is 0.262. The van der Waals surface area contributed by atoms with Crippen LogP contribution in [0.3, 0.4) is 0 Å². The van der Waals surface area contributed by atoms with Gasteiger partial charge < -0.3 is 10.1 Å². The third-order valence-corrected chi connectivity index (χ3v) is 6.06. The molecule has 5 rings (SSSR count). The molecule has 0 unspecified atom stereocenters. The molecule has 8 heteroatoms. The normalized spacial score (nSPS) is 13.5. The molecule has 1 aliphatic carbocycles. The molecule has 0 aliphatic heterocycles. The smallest absolute Gasteiger partial charge is 0.324 e. The fourth-order valence-electron chi connectivity index (χ4n) is 4.34. The van der Waals surface area contributed by atoms with Crippen molar-refractivity contribution in [2.45, 2.75) is 38.5 Å². The quantitative estimate of drug-likeness (QED) is 0.324. The van der Waals surface area contributed by atoms with Gasteiger partial charge in [0.05, 0.1) is 17.1 Å². The number of rotatable bonds is 6. The highest BCUT2D eigenvalue weighted by molar-refractivity contribution is 5.99. The van der Waals surface area contributed by atoms with Gasteiger partial charge in [-0.15, -0.1) is 0 Å². The van der Waals surface area contributed by atoms with Crippen LogP contribution in [-0.2, 0) is 0 Å². The summed E-state index contributed by atoms with van der Waals surface area (Å²) in [5, 5.41) is 10.2. The summed E-state index contributed by atoms with van der Waals surface area (Å²) in [6.07, 6.45) is 7.74. The van der Waals surface area contributed by atoms with Crippen LogP contribution in [0.25, 0.3) is 5.69 Å². The molecule has 0 bridgehead atoms.